The second kappa shape index (κ2) is 6.40. The van der Waals surface area contributed by atoms with E-state index >= 15 is 0 Å². The van der Waals surface area contributed by atoms with Crippen molar-refractivity contribution in [2.75, 3.05) is 46.4 Å². The standard InChI is InChI=1S/C13H21N3O5/c1-21-9-13(12(19)20)3-2-5-16(13)8-11(18)15-6-4-14-10(17)7-15/h2-9H2,1H3,(H,14,17)(H,19,20). The van der Waals surface area contributed by atoms with Gasteiger partial charge in [-0.15, -0.1) is 0 Å². The van der Waals surface area contributed by atoms with Crippen LogP contribution in [0.1, 0.15) is 12.8 Å². The van der Waals surface area contributed by atoms with Gasteiger partial charge in [0.2, 0.25) is 11.8 Å². The number of carboxylic acids is 1. The van der Waals surface area contributed by atoms with E-state index in [-0.39, 0.29) is 31.5 Å². The van der Waals surface area contributed by atoms with Gasteiger partial charge in [-0.25, -0.2) is 0 Å². The molecule has 8 heteroatoms. The molecule has 2 aliphatic heterocycles. The quantitative estimate of drug-likeness (QED) is 0.642. The monoisotopic (exact) mass is 299 g/mol. The summed E-state index contributed by atoms with van der Waals surface area (Å²) in [6.45, 7) is 1.53. The number of likely N-dealkylation sites (tertiary alicyclic amines) is 1. The topological polar surface area (TPSA) is 99.2 Å². The molecule has 2 heterocycles. The number of piperazine rings is 1. The van der Waals surface area contributed by atoms with Gasteiger partial charge >= 0.3 is 5.97 Å². The number of rotatable bonds is 5. The van der Waals surface area contributed by atoms with E-state index in [1.807, 2.05) is 0 Å². The number of hydrogen-bond acceptors (Lipinski definition) is 5. The lowest BCUT2D eigenvalue weighted by molar-refractivity contribution is -0.155. The fourth-order valence-electron chi connectivity index (χ4n) is 2.99. The molecule has 118 valence electrons. The van der Waals surface area contributed by atoms with Crippen LogP contribution in [0.25, 0.3) is 0 Å². The zero-order chi connectivity index (χ0) is 15.5. The lowest BCUT2D eigenvalue weighted by atomic mass is 9.97. The predicted molar refractivity (Wildman–Crippen MR) is 72.6 cm³/mol. The van der Waals surface area contributed by atoms with Crippen molar-refractivity contribution in [1.82, 2.24) is 15.1 Å². The smallest absolute Gasteiger partial charge is 0.326 e. The van der Waals surface area contributed by atoms with Crippen LogP contribution < -0.4 is 5.32 Å². The van der Waals surface area contributed by atoms with Crippen molar-refractivity contribution in [2.24, 2.45) is 0 Å². The molecular weight excluding hydrogens is 278 g/mol. The highest BCUT2D eigenvalue weighted by Crippen LogP contribution is 2.30. The van der Waals surface area contributed by atoms with Gasteiger partial charge in [0.05, 0.1) is 19.7 Å². The van der Waals surface area contributed by atoms with Crippen LogP contribution in [-0.4, -0.2) is 84.7 Å². The first kappa shape index (κ1) is 15.7. The van der Waals surface area contributed by atoms with Gasteiger partial charge in [-0.2, -0.15) is 0 Å². The van der Waals surface area contributed by atoms with Crippen LogP contribution in [0.5, 0.6) is 0 Å². The van der Waals surface area contributed by atoms with E-state index in [1.54, 1.807) is 4.90 Å². The number of methoxy groups -OCH3 is 1. The molecule has 2 N–H and O–H groups in total. The number of ether oxygens (including phenoxy) is 1. The molecule has 0 spiro atoms. The Balaban J connectivity index is 2.04. The SMILES string of the molecule is COCC1(C(=O)O)CCCN1CC(=O)N1CCNC(=O)C1. The summed E-state index contributed by atoms with van der Waals surface area (Å²) in [6, 6.07) is 0. The molecule has 0 aromatic heterocycles. The van der Waals surface area contributed by atoms with Crippen LogP contribution in [0.2, 0.25) is 0 Å². The Morgan fingerprint density at radius 2 is 2.19 bits per heavy atom. The van der Waals surface area contributed by atoms with E-state index < -0.39 is 11.5 Å². The summed E-state index contributed by atoms with van der Waals surface area (Å²) in [6.07, 6.45) is 1.17. The van der Waals surface area contributed by atoms with E-state index in [1.165, 1.54) is 12.0 Å². The van der Waals surface area contributed by atoms with Crippen LogP contribution >= 0.6 is 0 Å². The second-order valence-electron chi connectivity index (χ2n) is 5.46. The third-order valence-corrected chi connectivity index (χ3v) is 4.12. The van der Waals surface area contributed by atoms with Crippen LogP contribution in [0, 0.1) is 0 Å². The van der Waals surface area contributed by atoms with Crippen LogP contribution in [0.3, 0.4) is 0 Å². The van der Waals surface area contributed by atoms with Crippen molar-refractivity contribution >= 4 is 17.8 Å². The van der Waals surface area contributed by atoms with Gasteiger partial charge in [0, 0.05) is 20.2 Å². The first-order valence-corrected chi connectivity index (χ1v) is 7.01. The molecule has 0 aromatic carbocycles. The van der Waals surface area contributed by atoms with Gasteiger partial charge in [0.25, 0.3) is 0 Å². The fraction of sp³-hybridized carbons (Fsp3) is 0.769. The number of nitrogens with zero attached hydrogens (tertiary/aromatic N) is 2. The maximum absolute atomic E-state index is 12.3. The number of carbonyl (C=O) groups excluding carboxylic acids is 2. The summed E-state index contributed by atoms with van der Waals surface area (Å²) in [5.74, 6) is -1.36. The van der Waals surface area contributed by atoms with E-state index in [4.69, 9.17) is 4.74 Å². The molecule has 0 aliphatic carbocycles. The van der Waals surface area contributed by atoms with Gasteiger partial charge in [0.1, 0.15) is 5.54 Å². The highest BCUT2D eigenvalue weighted by atomic mass is 16.5. The van der Waals surface area contributed by atoms with Crippen molar-refractivity contribution in [3.63, 3.8) is 0 Å². The molecule has 0 saturated carbocycles. The van der Waals surface area contributed by atoms with E-state index in [0.29, 0.717) is 32.5 Å². The molecular formula is C13H21N3O5. The molecule has 8 nitrogen and oxygen atoms in total. The number of carbonyl (C=O) groups is 3. The first-order chi connectivity index (χ1) is 9.99. The summed E-state index contributed by atoms with van der Waals surface area (Å²) < 4.78 is 5.05. The molecule has 1 unspecified atom stereocenters. The van der Waals surface area contributed by atoms with E-state index in [9.17, 15) is 19.5 Å². The predicted octanol–water partition coefficient (Wildman–Crippen LogP) is -1.49. The Hall–Kier alpha value is -1.67. The summed E-state index contributed by atoms with van der Waals surface area (Å²) in [7, 11) is 1.46. The largest absolute Gasteiger partial charge is 0.480 e. The Kier molecular flexibility index (Phi) is 4.79. The van der Waals surface area contributed by atoms with E-state index in [0.717, 1.165) is 0 Å². The maximum Gasteiger partial charge on any atom is 0.326 e. The highest BCUT2D eigenvalue weighted by Gasteiger charge is 2.48. The number of aliphatic carboxylic acids is 1. The number of hydrogen-bond donors (Lipinski definition) is 2. The van der Waals surface area contributed by atoms with Crippen molar-refractivity contribution in [3.05, 3.63) is 0 Å². The average molecular weight is 299 g/mol. The zero-order valence-electron chi connectivity index (χ0n) is 12.1. The van der Waals surface area contributed by atoms with Crippen molar-refractivity contribution in [3.8, 4) is 0 Å². The summed E-state index contributed by atoms with van der Waals surface area (Å²) in [5, 5.41) is 12.2. The Morgan fingerprint density at radius 1 is 1.43 bits per heavy atom. The Bertz CT molecular complexity index is 442. The minimum atomic E-state index is -1.14. The zero-order valence-corrected chi connectivity index (χ0v) is 12.1. The molecule has 0 radical (unpaired) electrons. The molecule has 2 rings (SSSR count). The first-order valence-electron chi connectivity index (χ1n) is 7.01. The Labute approximate surface area is 123 Å². The summed E-state index contributed by atoms with van der Waals surface area (Å²) >= 11 is 0. The molecule has 2 aliphatic rings. The van der Waals surface area contributed by atoms with Crippen molar-refractivity contribution in [2.45, 2.75) is 18.4 Å². The fourth-order valence-corrected chi connectivity index (χ4v) is 2.99. The third-order valence-electron chi connectivity index (χ3n) is 4.12. The average Bonchev–Trinajstić information content (AvgIpc) is 2.83. The number of carboxylic acid groups (broad SMARTS) is 1. The molecule has 2 fully saturated rings. The van der Waals surface area contributed by atoms with Gasteiger partial charge in [0.15, 0.2) is 0 Å². The maximum atomic E-state index is 12.3. The van der Waals surface area contributed by atoms with Crippen LogP contribution in [0.4, 0.5) is 0 Å². The minimum absolute atomic E-state index is 0.00292. The lowest BCUT2D eigenvalue weighted by Crippen LogP contribution is -2.58. The summed E-state index contributed by atoms with van der Waals surface area (Å²) in [5.41, 5.74) is -1.14. The molecule has 1 atom stereocenters. The van der Waals surface area contributed by atoms with E-state index in [2.05, 4.69) is 5.32 Å². The lowest BCUT2D eigenvalue weighted by Gasteiger charge is -2.35. The number of amides is 2. The Morgan fingerprint density at radius 3 is 2.81 bits per heavy atom. The van der Waals surface area contributed by atoms with Crippen molar-refractivity contribution < 1.29 is 24.2 Å². The molecule has 2 saturated heterocycles. The van der Waals surface area contributed by atoms with Gasteiger partial charge in [-0.1, -0.05) is 0 Å². The van der Waals surface area contributed by atoms with Gasteiger partial charge < -0.3 is 20.1 Å². The normalized spacial score (nSPS) is 26.7. The summed E-state index contributed by atoms with van der Waals surface area (Å²) in [4.78, 5) is 38.4. The molecule has 2 amide bonds. The molecule has 0 aromatic rings. The molecule has 21 heavy (non-hydrogen) atoms. The third kappa shape index (κ3) is 3.16. The second-order valence-corrected chi connectivity index (χ2v) is 5.46. The van der Waals surface area contributed by atoms with Crippen LogP contribution in [0.15, 0.2) is 0 Å². The van der Waals surface area contributed by atoms with Crippen LogP contribution in [-0.2, 0) is 19.1 Å². The highest BCUT2D eigenvalue weighted by molar-refractivity contribution is 5.87. The number of nitrogens with one attached hydrogen (secondary N) is 1. The van der Waals surface area contributed by atoms with Crippen molar-refractivity contribution in [1.29, 1.82) is 0 Å². The minimum Gasteiger partial charge on any atom is -0.480 e. The molecule has 0 bridgehead atoms. The van der Waals surface area contributed by atoms with Gasteiger partial charge in [-0.05, 0) is 19.4 Å². The van der Waals surface area contributed by atoms with Gasteiger partial charge in [-0.3, -0.25) is 19.3 Å².